The highest BCUT2D eigenvalue weighted by atomic mass is 32.2. The van der Waals surface area contributed by atoms with Crippen molar-refractivity contribution in [3.05, 3.63) is 71.8 Å². The van der Waals surface area contributed by atoms with Crippen molar-refractivity contribution >= 4 is 11.8 Å². The van der Waals surface area contributed by atoms with Crippen molar-refractivity contribution in [2.45, 2.75) is 49.3 Å². The molecule has 0 bridgehead atoms. The van der Waals surface area contributed by atoms with Gasteiger partial charge in [-0.15, -0.1) is 0 Å². The topological polar surface area (TPSA) is 12.0 Å². The van der Waals surface area contributed by atoms with Crippen molar-refractivity contribution < 1.29 is 0 Å². The van der Waals surface area contributed by atoms with E-state index in [1.165, 1.54) is 36.8 Å². The van der Waals surface area contributed by atoms with Crippen LogP contribution in [0.1, 0.15) is 36.8 Å². The van der Waals surface area contributed by atoms with Crippen molar-refractivity contribution in [3.63, 3.8) is 0 Å². The average molecular weight is 311 g/mol. The third-order valence-corrected chi connectivity index (χ3v) is 5.91. The van der Waals surface area contributed by atoms with Gasteiger partial charge in [-0.05, 0) is 24.0 Å². The van der Waals surface area contributed by atoms with Gasteiger partial charge in [0.2, 0.25) is 0 Å². The van der Waals surface area contributed by atoms with Crippen molar-refractivity contribution in [3.8, 4) is 0 Å². The molecule has 0 heterocycles. The minimum atomic E-state index is 0.655. The highest BCUT2D eigenvalue weighted by molar-refractivity contribution is 7.99. The summed E-state index contributed by atoms with van der Waals surface area (Å²) in [5, 5.41) is 4.55. The van der Waals surface area contributed by atoms with Crippen LogP contribution in [0.15, 0.2) is 60.7 Å². The van der Waals surface area contributed by atoms with Gasteiger partial charge in [-0.25, -0.2) is 0 Å². The molecule has 0 spiro atoms. The Morgan fingerprint density at radius 1 is 0.818 bits per heavy atom. The molecule has 1 fully saturated rings. The van der Waals surface area contributed by atoms with Crippen molar-refractivity contribution in [1.29, 1.82) is 0 Å². The van der Waals surface area contributed by atoms with Gasteiger partial charge >= 0.3 is 0 Å². The van der Waals surface area contributed by atoms with E-state index in [0.717, 1.165) is 17.5 Å². The average Bonchev–Trinajstić information content (AvgIpc) is 2.61. The zero-order valence-electron chi connectivity index (χ0n) is 13.1. The highest BCUT2D eigenvalue weighted by Gasteiger charge is 2.24. The summed E-state index contributed by atoms with van der Waals surface area (Å²) in [4.78, 5) is 0. The summed E-state index contributed by atoms with van der Waals surface area (Å²) in [6.07, 6.45) is 5.42. The van der Waals surface area contributed by atoms with Crippen molar-refractivity contribution in [2.75, 3.05) is 0 Å². The molecule has 0 aromatic heterocycles. The summed E-state index contributed by atoms with van der Waals surface area (Å²) in [5.74, 6) is 1.13. The minimum Gasteiger partial charge on any atom is -0.309 e. The molecule has 1 aliphatic carbocycles. The summed E-state index contributed by atoms with van der Waals surface area (Å²) in [7, 11) is 0. The van der Waals surface area contributed by atoms with Crippen LogP contribution in [0.25, 0.3) is 0 Å². The van der Waals surface area contributed by atoms with Gasteiger partial charge in [0.25, 0.3) is 0 Å². The largest absolute Gasteiger partial charge is 0.309 e. The Bertz CT molecular complexity index is 489. The number of benzene rings is 2. The Morgan fingerprint density at radius 2 is 1.45 bits per heavy atom. The van der Waals surface area contributed by atoms with E-state index < -0.39 is 0 Å². The molecular formula is C20H25NS. The normalized spacial score (nSPS) is 21.6. The minimum absolute atomic E-state index is 0.655. The van der Waals surface area contributed by atoms with Gasteiger partial charge in [0.15, 0.2) is 0 Å². The van der Waals surface area contributed by atoms with Crippen LogP contribution in [-0.2, 0) is 12.3 Å². The number of rotatable bonds is 6. The van der Waals surface area contributed by atoms with Gasteiger partial charge in [-0.3, -0.25) is 0 Å². The first kappa shape index (κ1) is 15.6. The molecule has 3 rings (SSSR count). The van der Waals surface area contributed by atoms with E-state index in [2.05, 4.69) is 77.7 Å². The maximum Gasteiger partial charge on any atom is 0.0208 e. The molecule has 1 aliphatic rings. The van der Waals surface area contributed by atoms with Crippen LogP contribution in [-0.4, -0.2) is 11.3 Å². The zero-order chi connectivity index (χ0) is 15.0. The lowest BCUT2D eigenvalue weighted by molar-refractivity contribution is 0.382. The number of nitrogens with one attached hydrogen (secondary N) is 1. The molecule has 1 N–H and O–H groups in total. The molecule has 1 saturated carbocycles. The van der Waals surface area contributed by atoms with E-state index in [1.54, 1.807) is 0 Å². The predicted molar refractivity (Wildman–Crippen MR) is 97.1 cm³/mol. The van der Waals surface area contributed by atoms with Gasteiger partial charge in [-0.2, -0.15) is 11.8 Å². The Labute approximate surface area is 138 Å². The monoisotopic (exact) mass is 311 g/mol. The lowest BCUT2D eigenvalue weighted by Crippen LogP contribution is -2.40. The molecule has 1 nitrogen and oxygen atoms in total. The molecule has 0 radical (unpaired) electrons. The van der Waals surface area contributed by atoms with E-state index >= 15 is 0 Å². The lowest BCUT2D eigenvalue weighted by Gasteiger charge is -2.32. The van der Waals surface area contributed by atoms with Gasteiger partial charge in [0.1, 0.15) is 0 Å². The first-order valence-electron chi connectivity index (χ1n) is 8.34. The fourth-order valence-electron chi connectivity index (χ4n) is 3.15. The fourth-order valence-corrected chi connectivity index (χ4v) is 4.55. The Balaban J connectivity index is 1.52. The van der Waals surface area contributed by atoms with Crippen LogP contribution in [0, 0.1) is 0 Å². The summed E-state index contributed by atoms with van der Waals surface area (Å²) < 4.78 is 0. The molecule has 2 aromatic carbocycles. The van der Waals surface area contributed by atoms with E-state index in [9.17, 15) is 0 Å². The summed E-state index contributed by atoms with van der Waals surface area (Å²) in [6.45, 7) is 0.994. The van der Waals surface area contributed by atoms with E-state index in [-0.39, 0.29) is 0 Å². The van der Waals surface area contributed by atoms with Crippen LogP contribution >= 0.6 is 11.8 Å². The predicted octanol–water partition coefficient (Wildman–Crippen LogP) is 5.02. The SMILES string of the molecule is c1ccc(CN[C@H]2CCCC[C@H]2SCc2ccccc2)cc1. The summed E-state index contributed by atoms with van der Waals surface area (Å²) in [5.41, 5.74) is 2.83. The Kier molecular flexibility index (Phi) is 5.97. The number of thioether (sulfide) groups is 1. The Morgan fingerprint density at radius 3 is 2.18 bits per heavy atom. The third kappa shape index (κ3) is 4.62. The van der Waals surface area contributed by atoms with Crippen LogP contribution < -0.4 is 5.32 Å². The van der Waals surface area contributed by atoms with E-state index in [4.69, 9.17) is 0 Å². The molecular weight excluding hydrogens is 286 g/mol. The quantitative estimate of drug-likeness (QED) is 0.804. The summed E-state index contributed by atoms with van der Waals surface area (Å²) >= 11 is 2.13. The first-order valence-corrected chi connectivity index (χ1v) is 9.39. The van der Waals surface area contributed by atoms with Crippen LogP contribution in [0.5, 0.6) is 0 Å². The number of hydrogen-bond acceptors (Lipinski definition) is 2. The fraction of sp³-hybridized carbons (Fsp3) is 0.400. The maximum atomic E-state index is 3.80. The zero-order valence-corrected chi connectivity index (χ0v) is 13.9. The van der Waals surface area contributed by atoms with Gasteiger partial charge in [0.05, 0.1) is 0 Å². The van der Waals surface area contributed by atoms with Crippen LogP contribution in [0.4, 0.5) is 0 Å². The second-order valence-electron chi connectivity index (χ2n) is 6.09. The van der Waals surface area contributed by atoms with Crippen LogP contribution in [0.2, 0.25) is 0 Å². The standard InChI is InChI=1S/C20H25NS/c1-3-9-17(10-4-1)15-21-19-13-7-8-14-20(19)22-16-18-11-5-2-6-12-18/h1-6,9-12,19-21H,7-8,13-16H2/t19-,20+/m0/s1. The maximum absolute atomic E-state index is 3.80. The molecule has 0 aliphatic heterocycles. The molecule has 116 valence electrons. The summed E-state index contributed by atoms with van der Waals surface area (Å²) in [6, 6.07) is 22.3. The molecule has 0 saturated heterocycles. The van der Waals surface area contributed by atoms with Gasteiger partial charge in [0, 0.05) is 23.6 Å². The first-order chi connectivity index (χ1) is 10.9. The molecule has 2 heteroatoms. The molecule has 22 heavy (non-hydrogen) atoms. The van der Waals surface area contributed by atoms with E-state index in [0.29, 0.717) is 6.04 Å². The highest BCUT2D eigenvalue weighted by Crippen LogP contribution is 2.31. The smallest absolute Gasteiger partial charge is 0.0208 e. The van der Waals surface area contributed by atoms with Crippen molar-refractivity contribution in [1.82, 2.24) is 5.32 Å². The molecule has 0 amide bonds. The van der Waals surface area contributed by atoms with Gasteiger partial charge in [-0.1, -0.05) is 73.5 Å². The lowest BCUT2D eigenvalue weighted by atomic mass is 9.94. The second kappa shape index (κ2) is 8.40. The molecule has 0 unspecified atom stereocenters. The van der Waals surface area contributed by atoms with Crippen LogP contribution in [0.3, 0.4) is 0 Å². The molecule has 2 aromatic rings. The second-order valence-corrected chi connectivity index (χ2v) is 7.32. The van der Waals surface area contributed by atoms with Gasteiger partial charge < -0.3 is 5.32 Å². The molecule has 2 atom stereocenters. The van der Waals surface area contributed by atoms with E-state index in [1.807, 2.05) is 0 Å². The Hall–Kier alpha value is -1.25. The third-order valence-electron chi connectivity index (χ3n) is 4.42. The number of hydrogen-bond donors (Lipinski definition) is 1. The van der Waals surface area contributed by atoms with Crippen molar-refractivity contribution in [2.24, 2.45) is 0 Å².